The van der Waals surface area contributed by atoms with Gasteiger partial charge in [0, 0.05) is 12.1 Å². The van der Waals surface area contributed by atoms with E-state index in [9.17, 15) is 10.2 Å². The number of rotatable bonds is 2. The molecule has 0 heterocycles. The monoisotopic (exact) mass is 255 g/mol. The molecule has 0 bridgehead atoms. The molecule has 1 aliphatic carbocycles. The molecule has 0 saturated heterocycles. The van der Waals surface area contributed by atoms with Crippen molar-refractivity contribution >= 4 is 11.6 Å². The molecule has 4 heteroatoms. The van der Waals surface area contributed by atoms with Crippen LogP contribution in [0, 0.1) is 0 Å². The summed E-state index contributed by atoms with van der Waals surface area (Å²) in [5.41, 5.74) is 1.71. The van der Waals surface area contributed by atoms with Crippen LogP contribution in [0.5, 0.6) is 5.75 Å². The largest absolute Gasteiger partial charge is 0.506 e. The Kier molecular flexibility index (Phi) is 3.61. The van der Waals surface area contributed by atoms with E-state index in [0.29, 0.717) is 11.1 Å². The highest BCUT2D eigenvalue weighted by atomic mass is 35.5. The van der Waals surface area contributed by atoms with Crippen LogP contribution in [0.25, 0.3) is 0 Å². The van der Waals surface area contributed by atoms with Crippen LogP contribution in [-0.4, -0.2) is 22.3 Å². The summed E-state index contributed by atoms with van der Waals surface area (Å²) in [4.78, 5) is 0. The van der Waals surface area contributed by atoms with Gasteiger partial charge in [-0.05, 0) is 30.0 Å². The number of aromatic hydroxyl groups is 1. The van der Waals surface area contributed by atoms with Crippen molar-refractivity contribution in [3.63, 3.8) is 0 Å². The van der Waals surface area contributed by atoms with Crippen molar-refractivity contribution in [2.45, 2.75) is 44.9 Å². The third kappa shape index (κ3) is 2.41. The summed E-state index contributed by atoms with van der Waals surface area (Å²) >= 11 is 6.05. The zero-order valence-corrected chi connectivity index (χ0v) is 10.8. The summed E-state index contributed by atoms with van der Waals surface area (Å²) in [5, 5.41) is 23.6. The molecule has 2 unspecified atom stereocenters. The maximum absolute atomic E-state index is 10.3. The van der Waals surface area contributed by atoms with Crippen LogP contribution >= 0.6 is 11.6 Å². The highest BCUT2D eigenvalue weighted by molar-refractivity contribution is 6.32. The Bertz CT molecular complexity index is 420. The highest BCUT2D eigenvalue weighted by Crippen LogP contribution is 2.38. The molecule has 3 nitrogen and oxygen atoms in total. The van der Waals surface area contributed by atoms with Gasteiger partial charge in [0.2, 0.25) is 0 Å². The van der Waals surface area contributed by atoms with E-state index in [2.05, 4.69) is 19.2 Å². The molecule has 94 valence electrons. The standard InChI is InChI=1S/C13H18ClNO2/c1-7(2)15-10-5-3-8-9(13(10)17)4-6-11(16)12(8)14/h4,6-7,10,13,15-17H,3,5H2,1-2H3. The SMILES string of the molecule is CC(C)NC1CCc2c(ccc(O)c2Cl)C1O. The second kappa shape index (κ2) is 4.84. The van der Waals surface area contributed by atoms with Crippen LogP contribution in [-0.2, 0) is 6.42 Å². The summed E-state index contributed by atoms with van der Waals surface area (Å²) in [7, 11) is 0. The Morgan fingerprint density at radius 2 is 2.12 bits per heavy atom. The molecule has 1 aromatic rings. The summed E-state index contributed by atoms with van der Waals surface area (Å²) in [5.74, 6) is 0.0906. The number of fused-ring (bicyclic) bond motifs is 1. The number of aliphatic hydroxyl groups is 1. The van der Waals surface area contributed by atoms with Crippen LogP contribution < -0.4 is 5.32 Å². The fraction of sp³-hybridized carbons (Fsp3) is 0.538. The number of nitrogens with one attached hydrogen (secondary N) is 1. The van der Waals surface area contributed by atoms with Gasteiger partial charge >= 0.3 is 0 Å². The van der Waals surface area contributed by atoms with Crippen molar-refractivity contribution < 1.29 is 10.2 Å². The lowest BCUT2D eigenvalue weighted by Gasteiger charge is -2.32. The molecule has 0 amide bonds. The normalized spacial score (nSPS) is 23.8. The molecular formula is C13H18ClNO2. The van der Waals surface area contributed by atoms with Crippen molar-refractivity contribution in [3.05, 3.63) is 28.3 Å². The summed E-state index contributed by atoms with van der Waals surface area (Å²) in [6.07, 6.45) is 1.05. The van der Waals surface area contributed by atoms with Gasteiger partial charge in [-0.15, -0.1) is 0 Å². The molecule has 0 spiro atoms. The minimum atomic E-state index is -0.556. The van der Waals surface area contributed by atoms with E-state index < -0.39 is 6.10 Å². The predicted octanol–water partition coefficient (Wildman–Crippen LogP) is 2.39. The summed E-state index contributed by atoms with van der Waals surface area (Å²) in [6.45, 7) is 4.12. The van der Waals surface area contributed by atoms with Gasteiger partial charge in [0.05, 0.1) is 11.1 Å². The topological polar surface area (TPSA) is 52.5 Å². The van der Waals surface area contributed by atoms with E-state index in [-0.39, 0.29) is 11.8 Å². The molecule has 3 N–H and O–H groups in total. The molecule has 1 aliphatic rings. The van der Waals surface area contributed by atoms with Gasteiger partial charge in [-0.25, -0.2) is 0 Å². The zero-order chi connectivity index (χ0) is 12.6. The lowest BCUT2D eigenvalue weighted by Crippen LogP contribution is -2.42. The third-order valence-electron chi connectivity index (χ3n) is 3.21. The molecular weight excluding hydrogens is 238 g/mol. The van der Waals surface area contributed by atoms with Gasteiger partial charge in [-0.2, -0.15) is 0 Å². The maximum atomic E-state index is 10.3. The average molecular weight is 256 g/mol. The Labute approximate surface area is 106 Å². The van der Waals surface area contributed by atoms with E-state index in [0.717, 1.165) is 24.0 Å². The first-order valence-corrected chi connectivity index (χ1v) is 6.33. The molecule has 1 aromatic carbocycles. The molecule has 0 fully saturated rings. The number of aliphatic hydroxyl groups excluding tert-OH is 1. The quantitative estimate of drug-likeness (QED) is 0.761. The fourth-order valence-corrected chi connectivity index (χ4v) is 2.70. The van der Waals surface area contributed by atoms with Crippen LogP contribution in [0.3, 0.4) is 0 Å². The van der Waals surface area contributed by atoms with Gasteiger partial charge < -0.3 is 15.5 Å². The molecule has 2 rings (SSSR count). The van der Waals surface area contributed by atoms with E-state index >= 15 is 0 Å². The van der Waals surface area contributed by atoms with Crippen LogP contribution in [0.4, 0.5) is 0 Å². The Balaban J connectivity index is 2.30. The minimum Gasteiger partial charge on any atom is -0.506 e. The van der Waals surface area contributed by atoms with Crippen molar-refractivity contribution in [1.29, 1.82) is 0 Å². The van der Waals surface area contributed by atoms with Crippen molar-refractivity contribution in [1.82, 2.24) is 5.32 Å². The summed E-state index contributed by atoms with van der Waals surface area (Å²) < 4.78 is 0. The first-order chi connectivity index (χ1) is 8.00. The van der Waals surface area contributed by atoms with Gasteiger partial charge in [0.25, 0.3) is 0 Å². The Hall–Kier alpha value is -0.770. The van der Waals surface area contributed by atoms with Gasteiger partial charge in [-0.3, -0.25) is 0 Å². The van der Waals surface area contributed by atoms with Crippen molar-refractivity contribution in [3.8, 4) is 5.75 Å². The molecule has 0 radical (unpaired) electrons. The Morgan fingerprint density at radius 3 is 2.76 bits per heavy atom. The zero-order valence-electron chi connectivity index (χ0n) is 10.1. The third-order valence-corrected chi connectivity index (χ3v) is 3.63. The predicted molar refractivity (Wildman–Crippen MR) is 68.5 cm³/mol. The number of phenols is 1. The first kappa shape index (κ1) is 12.7. The molecule has 2 atom stereocenters. The molecule has 0 saturated carbocycles. The number of hydrogen-bond acceptors (Lipinski definition) is 3. The maximum Gasteiger partial charge on any atom is 0.134 e. The van der Waals surface area contributed by atoms with E-state index in [1.165, 1.54) is 0 Å². The second-order valence-corrected chi connectivity index (χ2v) is 5.26. The number of phenolic OH excluding ortho intramolecular Hbond substituents is 1. The van der Waals surface area contributed by atoms with Crippen LogP contribution in [0.2, 0.25) is 5.02 Å². The van der Waals surface area contributed by atoms with Crippen LogP contribution in [0.15, 0.2) is 12.1 Å². The lowest BCUT2D eigenvalue weighted by molar-refractivity contribution is 0.110. The van der Waals surface area contributed by atoms with E-state index in [4.69, 9.17) is 11.6 Å². The van der Waals surface area contributed by atoms with E-state index in [1.807, 2.05) is 0 Å². The van der Waals surface area contributed by atoms with Crippen molar-refractivity contribution in [2.24, 2.45) is 0 Å². The average Bonchev–Trinajstić information content (AvgIpc) is 2.27. The van der Waals surface area contributed by atoms with Gasteiger partial charge in [0.15, 0.2) is 0 Å². The molecule has 0 aromatic heterocycles. The molecule has 0 aliphatic heterocycles. The minimum absolute atomic E-state index is 0.0584. The number of benzene rings is 1. The highest BCUT2D eigenvalue weighted by Gasteiger charge is 2.30. The van der Waals surface area contributed by atoms with Gasteiger partial charge in [-0.1, -0.05) is 31.5 Å². The molecule has 17 heavy (non-hydrogen) atoms. The summed E-state index contributed by atoms with van der Waals surface area (Å²) in [6, 6.07) is 3.70. The fourth-order valence-electron chi connectivity index (χ4n) is 2.43. The van der Waals surface area contributed by atoms with Crippen LogP contribution in [0.1, 0.15) is 37.5 Å². The van der Waals surface area contributed by atoms with Crippen molar-refractivity contribution in [2.75, 3.05) is 0 Å². The Morgan fingerprint density at radius 1 is 1.41 bits per heavy atom. The van der Waals surface area contributed by atoms with Gasteiger partial charge in [0.1, 0.15) is 5.75 Å². The second-order valence-electron chi connectivity index (χ2n) is 4.88. The van der Waals surface area contributed by atoms with E-state index in [1.54, 1.807) is 12.1 Å². The smallest absolute Gasteiger partial charge is 0.134 e. The number of hydrogen-bond donors (Lipinski definition) is 3. The number of halogens is 1. The first-order valence-electron chi connectivity index (χ1n) is 5.95. The lowest BCUT2D eigenvalue weighted by atomic mass is 9.85.